The van der Waals surface area contributed by atoms with Crippen LogP contribution in [0.25, 0.3) is 11.1 Å². The van der Waals surface area contributed by atoms with Crippen LogP contribution in [0.5, 0.6) is 0 Å². The molecule has 2 atom stereocenters. The predicted molar refractivity (Wildman–Crippen MR) is 87.1 cm³/mol. The van der Waals surface area contributed by atoms with Gasteiger partial charge < -0.3 is 15.6 Å². The lowest BCUT2D eigenvalue weighted by Crippen LogP contribution is -2.44. The van der Waals surface area contributed by atoms with E-state index in [0.717, 1.165) is 42.9 Å². The maximum atomic E-state index is 12.5. The Morgan fingerprint density at radius 1 is 1.27 bits per heavy atom. The fourth-order valence-electron chi connectivity index (χ4n) is 3.58. The summed E-state index contributed by atoms with van der Waals surface area (Å²) in [5, 5.41) is 3.87. The Hall–Kier alpha value is -1.85. The van der Waals surface area contributed by atoms with Crippen molar-refractivity contribution in [3.8, 4) is 11.1 Å². The lowest BCUT2D eigenvalue weighted by Gasteiger charge is -2.37. The molecule has 114 valence electrons. The molecule has 0 aliphatic carbocycles. The van der Waals surface area contributed by atoms with Crippen molar-refractivity contribution in [3.05, 3.63) is 45.5 Å². The molecule has 0 aromatic carbocycles. The van der Waals surface area contributed by atoms with E-state index in [2.05, 4.69) is 16.4 Å². The first-order valence-corrected chi connectivity index (χ1v) is 7.86. The van der Waals surface area contributed by atoms with Crippen molar-refractivity contribution in [2.24, 2.45) is 5.92 Å². The highest BCUT2D eigenvalue weighted by Gasteiger charge is 2.31. The van der Waals surface area contributed by atoms with Crippen molar-refractivity contribution in [2.45, 2.75) is 18.9 Å². The van der Waals surface area contributed by atoms with E-state index in [-0.39, 0.29) is 5.56 Å². The summed E-state index contributed by atoms with van der Waals surface area (Å²) in [6, 6.07) is 5.53. The summed E-state index contributed by atoms with van der Waals surface area (Å²) in [4.78, 5) is 16.6. The summed E-state index contributed by atoms with van der Waals surface area (Å²) in [6.45, 7) is 2.74. The molecule has 0 spiro atoms. The molecule has 0 amide bonds. The molecule has 0 saturated carbocycles. The van der Waals surface area contributed by atoms with Crippen LogP contribution in [0.1, 0.15) is 18.0 Å². The molecule has 2 aliphatic rings. The van der Waals surface area contributed by atoms with Crippen LogP contribution in [0, 0.1) is 5.92 Å². The normalized spacial score (nSPS) is 23.1. The van der Waals surface area contributed by atoms with Gasteiger partial charge in [-0.15, -0.1) is 0 Å². The molecule has 1 fully saturated rings. The average molecular weight is 317 g/mol. The standard InChI is InChI=1S/C16H17ClN4O/c17-13-2-11(7-20-16(13)18)10-3-14-12-1-9(5-19-6-12)8-21(14)15(22)4-10/h2-4,7,9,12,19H,1,5-6,8H2,(H2,18,20)/t9-,12+/m0/s1. The fourth-order valence-corrected chi connectivity index (χ4v) is 3.74. The van der Waals surface area contributed by atoms with E-state index in [9.17, 15) is 4.79 Å². The zero-order valence-electron chi connectivity index (χ0n) is 12.1. The highest BCUT2D eigenvalue weighted by atomic mass is 35.5. The third-order valence-corrected chi connectivity index (χ3v) is 4.97. The van der Waals surface area contributed by atoms with Gasteiger partial charge in [-0.1, -0.05) is 11.6 Å². The number of halogens is 1. The van der Waals surface area contributed by atoms with Gasteiger partial charge in [-0.25, -0.2) is 4.98 Å². The number of nitrogen functional groups attached to an aromatic ring is 1. The molecule has 6 heteroatoms. The smallest absolute Gasteiger partial charge is 0.251 e. The molecule has 3 N–H and O–H groups in total. The van der Waals surface area contributed by atoms with Crippen molar-refractivity contribution in [2.75, 3.05) is 18.8 Å². The molecule has 2 bridgehead atoms. The summed E-state index contributed by atoms with van der Waals surface area (Å²) in [7, 11) is 0. The zero-order valence-corrected chi connectivity index (χ0v) is 12.8. The molecule has 4 rings (SSSR count). The second kappa shape index (κ2) is 5.11. The number of hydrogen-bond acceptors (Lipinski definition) is 4. The number of nitrogens with zero attached hydrogens (tertiary/aromatic N) is 2. The number of pyridine rings is 2. The minimum absolute atomic E-state index is 0.0528. The third kappa shape index (κ3) is 2.21. The van der Waals surface area contributed by atoms with Gasteiger partial charge in [0, 0.05) is 42.5 Å². The Morgan fingerprint density at radius 3 is 2.95 bits per heavy atom. The molecule has 0 unspecified atom stereocenters. The first-order valence-electron chi connectivity index (χ1n) is 7.48. The van der Waals surface area contributed by atoms with Gasteiger partial charge in [-0.05, 0) is 36.6 Å². The van der Waals surface area contributed by atoms with E-state index in [1.165, 1.54) is 0 Å². The molecule has 2 aliphatic heterocycles. The Morgan fingerprint density at radius 2 is 2.14 bits per heavy atom. The van der Waals surface area contributed by atoms with E-state index in [1.54, 1.807) is 18.3 Å². The van der Waals surface area contributed by atoms with E-state index in [1.807, 2.05) is 4.57 Å². The van der Waals surface area contributed by atoms with Crippen molar-refractivity contribution >= 4 is 17.4 Å². The summed E-state index contributed by atoms with van der Waals surface area (Å²) in [6.07, 6.45) is 2.81. The molecule has 4 heterocycles. The number of rotatable bonds is 1. The van der Waals surface area contributed by atoms with Gasteiger partial charge in [0.25, 0.3) is 5.56 Å². The lowest BCUT2D eigenvalue weighted by atomic mass is 9.83. The van der Waals surface area contributed by atoms with Crippen LogP contribution in [-0.2, 0) is 6.54 Å². The summed E-state index contributed by atoms with van der Waals surface area (Å²) < 4.78 is 1.93. The molecule has 2 aromatic heterocycles. The second-order valence-corrected chi connectivity index (χ2v) is 6.57. The van der Waals surface area contributed by atoms with Gasteiger partial charge in [0.05, 0.1) is 5.02 Å². The summed E-state index contributed by atoms with van der Waals surface area (Å²) in [5.74, 6) is 1.26. The quantitative estimate of drug-likeness (QED) is 0.842. The number of fused-ring (bicyclic) bond motifs is 4. The highest BCUT2D eigenvalue weighted by molar-refractivity contribution is 6.33. The Labute approximate surface area is 133 Å². The topological polar surface area (TPSA) is 72.9 Å². The largest absolute Gasteiger partial charge is 0.382 e. The number of hydrogen-bond donors (Lipinski definition) is 2. The van der Waals surface area contributed by atoms with Gasteiger partial charge in [0.2, 0.25) is 0 Å². The number of piperidine rings is 1. The monoisotopic (exact) mass is 316 g/mol. The van der Waals surface area contributed by atoms with E-state index < -0.39 is 0 Å². The molecule has 22 heavy (non-hydrogen) atoms. The Kier molecular flexibility index (Phi) is 3.20. The zero-order chi connectivity index (χ0) is 15.3. The van der Waals surface area contributed by atoms with Crippen LogP contribution in [0.3, 0.4) is 0 Å². The van der Waals surface area contributed by atoms with Crippen LogP contribution in [0.15, 0.2) is 29.2 Å². The molecule has 2 aromatic rings. The molecular formula is C16H17ClN4O. The van der Waals surface area contributed by atoms with Gasteiger partial charge in [-0.2, -0.15) is 0 Å². The minimum Gasteiger partial charge on any atom is -0.382 e. The molecule has 0 radical (unpaired) electrons. The van der Waals surface area contributed by atoms with E-state index in [4.69, 9.17) is 17.3 Å². The number of nitrogens with two attached hydrogens (primary N) is 1. The summed E-state index contributed by atoms with van der Waals surface area (Å²) in [5.41, 5.74) is 8.50. The SMILES string of the molecule is Nc1ncc(-c2cc3n(c(=O)c2)C[C@@H]2CNC[C@H]3C2)cc1Cl. The van der Waals surface area contributed by atoms with E-state index >= 15 is 0 Å². The van der Waals surface area contributed by atoms with E-state index in [0.29, 0.717) is 22.7 Å². The van der Waals surface area contributed by atoms with Gasteiger partial charge in [0.1, 0.15) is 5.82 Å². The molecule has 5 nitrogen and oxygen atoms in total. The van der Waals surface area contributed by atoms with Crippen molar-refractivity contribution < 1.29 is 0 Å². The summed E-state index contributed by atoms with van der Waals surface area (Å²) >= 11 is 6.05. The third-order valence-electron chi connectivity index (χ3n) is 4.66. The predicted octanol–water partition coefficient (Wildman–Crippen LogP) is 1.85. The molecular weight excluding hydrogens is 300 g/mol. The maximum absolute atomic E-state index is 12.5. The average Bonchev–Trinajstić information content (AvgIpc) is 2.51. The Balaban J connectivity index is 1.84. The van der Waals surface area contributed by atoms with Crippen LogP contribution in [0.2, 0.25) is 5.02 Å². The Bertz CT molecular complexity index is 801. The number of aromatic nitrogens is 2. The number of anilines is 1. The van der Waals surface area contributed by atoms with Gasteiger partial charge in [-0.3, -0.25) is 4.79 Å². The number of nitrogens with one attached hydrogen (secondary N) is 1. The van der Waals surface area contributed by atoms with Crippen molar-refractivity contribution in [1.82, 2.24) is 14.9 Å². The first-order chi connectivity index (χ1) is 10.6. The lowest BCUT2D eigenvalue weighted by molar-refractivity contribution is 0.257. The van der Waals surface area contributed by atoms with Crippen LogP contribution < -0.4 is 16.6 Å². The van der Waals surface area contributed by atoms with Crippen molar-refractivity contribution in [3.63, 3.8) is 0 Å². The van der Waals surface area contributed by atoms with Crippen LogP contribution in [0.4, 0.5) is 5.82 Å². The van der Waals surface area contributed by atoms with Gasteiger partial charge in [0.15, 0.2) is 0 Å². The van der Waals surface area contributed by atoms with Gasteiger partial charge >= 0.3 is 0 Å². The van der Waals surface area contributed by atoms with Crippen LogP contribution >= 0.6 is 11.6 Å². The minimum atomic E-state index is 0.0528. The first kappa shape index (κ1) is 13.8. The maximum Gasteiger partial charge on any atom is 0.251 e. The fraction of sp³-hybridized carbons (Fsp3) is 0.375. The van der Waals surface area contributed by atoms with Crippen molar-refractivity contribution in [1.29, 1.82) is 0 Å². The molecule has 1 saturated heterocycles. The highest BCUT2D eigenvalue weighted by Crippen LogP contribution is 2.34. The second-order valence-electron chi connectivity index (χ2n) is 6.17. The van der Waals surface area contributed by atoms with Crippen LogP contribution in [-0.4, -0.2) is 22.6 Å².